The fourth-order valence-corrected chi connectivity index (χ4v) is 5.93. The van der Waals surface area contributed by atoms with Gasteiger partial charge in [-0.15, -0.1) is 11.3 Å². The average molecular weight is 291 g/mol. The lowest BCUT2D eigenvalue weighted by Crippen LogP contribution is -2.54. The minimum absolute atomic E-state index is 0.169. The molecule has 0 amide bonds. The van der Waals surface area contributed by atoms with Crippen molar-refractivity contribution in [3.8, 4) is 0 Å². The molecule has 3 heterocycles. The van der Waals surface area contributed by atoms with Crippen LogP contribution in [0.2, 0.25) is 0 Å². The Hall–Kier alpha value is -0.450. The van der Waals surface area contributed by atoms with Crippen LogP contribution >= 0.6 is 11.3 Å². The maximum Gasteiger partial charge on any atom is 0.113 e. The van der Waals surface area contributed by atoms with Crippen LogP contribution in [0.1, 0.15) is 54.6 Å². The summed E-state index contributed by atoms with van der Waals surface area (Å²) in [7, 11) is 2.32. The van der Waals surface area contributed by atoms with Gasteiger partial charge in [-0.05, 0) is 58.5 Å². The van der Waals surface area contributed by atoms with Gasteiger partial charge < -0.3 is 10.2 Å². The van der Waals surface area contributed by atoms with E-state index in [1.54, 1.807) is 4.88 Å². The number of hydrogen-bond donors (Lipinski definition) is 1. The first-order valence-electron chi connectivity index (χ1n) is 8.18. The lowest BCUT2D eigenvalue weighted by Gasteiger charge is -2.44. The van der Waals surface area contributed by atoms with Crippen molar-refractivity contribution in [1.82, 2.24) is 15.2 Å². The van der Waals surface area contributed by atoms with Crippen molar-refractivity contribution in [2.75, 3.05) is 13.6 Å². The number of nitrogens with one attached hydrogen (secondary N) is 1. The standard InChI is InChI=1S/C16H25N3S/c1-3-17-16(9-11-7-8-12(10-16)19(11)2)15-18-13-5-4-6-14(13)20-15/h11-12,17H,3-10H2,1-2H3. The van der Waals surface area contributed by atoms with Gasteiger partial charge in [0.15, 0.2) is 0 Å². The molecular weight excluding hydrogens is 266 g/mol. The number of aromatic nitrogens is 1. The number of hydrogen-bond acceptors (Lipinski definition) is 4. The number of piperidine rings is 1. The van der Waals surface area contributed by atoms with Gasteiger partial charge in [0.05, 0.1) is 11.2 Å². The predicted molar refractivity (Wildman–Crippen MR) is 83.3 cm³/mol. The Morgan fingerprint density at radius 2 is 2.05 bits per heavy atom. The maximum atomic E-state index is 5.06. The third kappa shape index (κ3) is 1.88. The zero-order valence-corrected chi connectivity index (χ0v) is 13.4. The molecule has 1 aromatic rings. The highest BCUT2D eigenvalue weighted by atomic mass is 32.1. The van der Waals surface area contributed by atoms with E-state index in [2.05, 4.69) is 24.2 Å². The van der Waals surface area contributed by atoms with Gasteiger partial charge in [-0.25, -0.2) is 4.98 Å². The Kier molecular flexibility index (Phi) is 3.17. The summed E-state index contributed by atoms with van der Waals surface area (Å²) in [5.74, 6) is 0. The summed E-state index contributed by atoms with van der Waals surface area (Å²) >= 11 is 2.01. The highest BCUT2D eigenvalue weighted by Gasteiger charge is 2.49. The highest BCUT2D eigenvalue weighted by molar-refractivity contribution is 7.12. The molecule has 1 aromatic heterocycles. The van der Waals surface area contributed by atoms with Crippen molar-refractivity contribution in [3.05, 3.63) is 15.6 Å². The molecular formula is C16H25N3S. The lowest BCUT2D eigenvalue weighted by molar-refractivity contribution is 0.0898. The zero-order chi connectivity index (χ0) is 13.7. The second-order valence-corrected chi connectivity index (χ2v) is 7.90. The van der Waals surface area contributed by atoms with Crippen LogP contribution in [0, 0.1) is 0 Å². The van der Waals surface area contributed by atoms with E-state index < -0.39 is 0 Å². The Balaban J connectivity index is 1.70. The maximum absolute atomic E-state index is 5.06. The summed E-state index contributed by atoms with van der Waals surface area (Å²) in [6.07, 6.45) is 9.04. The molecule has 110 valence electrons. The number of rotatable bonds is 3. The molecule has 20 heavy (non-hydrogen) atoms. The fourth-order valence-electron chi connectivity index (χ4n) is 4.60. The van der Waals surface area contributed by atoms with Crippen molar-refractivity contribution < 1.29 is 0 Å². The molecule has 0 spiro atoms. The van der Waals surface area contributed by atoms with E-state index in [1.165, 1.54) is 55.6 Å². The topological polar surface area (TPSA) is 28.2 Å². The minimum Gasteiger partial charge on any atom is -0.306 e. The number of fused-ring (bicyclic) bond motifs is 3. The molecule has 3 nitrogen and oxygen atoms in total. The number of nitrogens with zero attached hydrogens (tertiary/aromatic N) is 2. The molecule has 4 heteroatoms. The summed E-state index contributed by atoms with van der Waals surface area (Å²) in [6.45, 7) is 3.29. The number of aryl methyl sites for hydroxylation is 2. The largest absolute Gasteiger partial charge is 0.306 e. The molecule has 4 rings (SSSR count). The molecule has 3 aliphatic rings. The Morgan fingerprint density at radius 1 is 1.30 bits per heavy atom. The van der Waals surface area contributed by atoms with Gasteiger partial charge in [-0.2, -0.15) is 0 Å². The van der Waals surface area contributed by atoms with Gasteiger partial charge in [0.2, 0.25) is 0 Å². The van der Waals surface area contributed by atoms with E-state index in [0.717, 1.165) is 18.6 Å². The van der Waals surface area contributed by atoms with Crippen LogP contribution in [0.4, 0.5) is 0 Å². The van der Waals surface area contributed by atoms with Crippen LogP contribution in [0.25, 0.3) is 0 Å². The summed E-state index contributed by atoms with van der Waals surface area (Å²) in [5.41, 5.74) is 1.58. The van der Waals surface area contributed by atoms with E-state index in [-0.39, 0.29) is 5.54 Å². The molecule has 1 aliphatic carbocycles. The summed E-state index contributed by atoms with van der Waals surface area (Å²) < 4.78 is 0. The SMILES string of the molecule is CCNC1(c2nc3c(s2)CCC3)CC2CCC(C1)N2C. The molecule has 2 unspecified atom stereocenters. The van der Waals surface area contributed by atoms with Crippen LogP contribution in [-0.4, -0.2) is 35.6 Å². The molecule has 0 saturated carbocycles. The lowest BCUT2D eigenvalue weighted by atomic mass is 9.83. The molecule has 0 radical (unpaired) electrons. The molecule has 2 saturated heterocycles. The van der Waals surface area contributed by atoms with E-state index in [4.69, 9.17) is 4.98 Å². The van der Waals surface area contributed by atoms with E-state index >= 15 is 0 Å². The molecule has 2 aliphatic heterocycles. The van der Waals surface area contributed by atoms with Gasteiger partial charge in [0.1, 0.15) is 5.01 Å². The average Bonchev–Trinajstić information content (AvgIpc) is 3.05. The first-order valence-corrected chi connectivity index (χ1v) is 8.99. The second-order valence-electron chi connectivity index (χ2n) is 6.81. The van der Waals surface area contributed by atoms with Crippen molar-refractivity contribution in [2.45, 2.75) is 69.5 Å². The molecule has 2 atom stereocenters. The summed E-state index contributed by atoms with van der Waals surface area (Å²) in [5, 5.41) is 5.24. The molecule has 2 fully saturated rings. The van der Waals surface area contributed by atoms with Gasteiger partial charge in [0.25, 0.3) is 0 Å². The molecule has 1 N–H and O–H groups in total. The fraction of sp³-hybridized carbons (Fsp3) is 0.812. The first kappa shape index (κ1) is 13.2. The third-order valence-electron chi connectivity index (χ3n) is 5.67. The highest BCUT2D eigenvalue weighted by Crippen LogP contribution is 2.47. The van der Waals surface area contributed by atoms with Crippen LogP contribution in [0.5, 0.6) is 0 Å². The van der Waals surface area contributed by atoms with E-state index in [1.807, 2.05) is 11.3 Å². The predicted octanol–water partition coefficient (Wildman–Crippen LogP) is 2.69. The van der Waals surface area contributed by atoms with Gasteiger partial charge in [0, 0.05) is 17.0 Å². The van der Waals surface area contributed by atoms with Gasteiger partial charge in [-0.3, -0.25) is 0 Å². The van der Waals surface area contributed by atoms with E-state index in [9.17, 15) is 0 Å². The second kappa shape index (κ2) is 4.79. The summed E-state index contributed by atoms with van der Waals surface area (Å²) in [4.78, 5) is 9.26. The van der Waals surface area contributed by atoms with Gasteiger partial charge in [-0.1, -0.05) is 6.92 Å². The Morgan fingerprint density at radius 3 is 2.70 bits per heavy atom. The van der Waals surface area contributed by atoms with Crippen molar-refractivity contribution in [3.63, 3.8) is 0 Å². The van der Waals surface area contributed by atoms with Crippen molar-refractivity contribution >= 4 is 11.3 Å². The van der Waals surface area contributed by atoms with Crippen LogP contribution in [0.3, 0.4) is 0 Å². The molecule has 0 aromatic carbocycles. The normalized spacial score (nSPS) is 36.5. The quantitative estimate of drug-likeness (QED) is 0.928. The first-order chi connectivity index (χ1) is 9.72. The molecule has 2 bridgehead atoms. The van der Waals surface area contributed by atoms with Crippen LogP contribution < -0.4 is 5.32 Å². The Bertz CT molecular complexity index is 474. The van der Waals surface area contributed by atoms with E-state index in [0.29, 0.717) is 0 Å². The van der Waals surface area contributed by atoms with Crippen molar-refractivity contribution in [2.24, 2.45) is 0 Å². The van der Waals surface area contributed by atoms with Crippen LogP contribution in [-0.2, 0) is 18.4 Å². The van der Waals surface area contributed by atoms with Crippen molar-refractivity contribution in [1.29, 1.82) is 0 Å². The summed E-state index contributed by atoms with van der Waals surface area (Å²) in [6, 6.07) is 1.51. The van der Waals surface area contributed by atoms with Gasteiger partial charge >= 0.3 is 0 Å². The Labute approximate surface area is 125 Å². The van der Waals surface area contributed by atoms with Crippen LogP contribution in [0.15, 0.2) is 0 Å². The minimum atomic E-state index is 0.169. The number of thiazole rings is 1. The third-order valence-corrected chi connectivity index (χ3v) is 7.03. The monoisotopic (exact) mass is 291 g/mol. The smallest absolute Gasteiger partial charge is 0.113 e. The zero-order valence-electron chi connectivity index (χ0n) is 12.6.